The summed E-state index contributed by atoms with van der Waals surface area (Å²) in [6, 6.07) is 0. The normalized spacial score (nSPS) is 14.3. The van der Waals surface area contributed by atoms with E-state index >= 15 is 0 Å². The third kappa shape index (κ3) is 5.11. The maximum atomic E-state index is 12.0. The third-order valence-electron chi connectivity index (χ3n) is 1.63. The van der Waals surface area contributed by atoms with Gasteiger partial charge in [-0.05, 0) is 20.8 Å². The van der Waals surface area contributed by atoms with Crippen LogP contribution in [0.15, 0.2) is 12.2 Å². The van der Waals surface area contributed by atoms with Crippen LogP contribution in [0.4, 0.5) is 0 Å². The second-order valence-corrected chi connectivity index (χ2v) is 5.22. The highest BCUT2D eigenvalue weighted by Crippen LogP contribution is 2.53. The van der Waals surface area contributed by atoms with Crippen molar-refractivity contribution in [1.82, 2.24) is 0 Å². The predicted octanol–water partition coefficient (Wildman–Crippen LogP) is 2.28. The Morgan fingerprint density at radius 2 is 1.87 bits per heavy atom. The lowest BCUT2D eigenvalue weighted by Gasteiger charge is -2.20. The average molecular weight is 236 g/mol. The van der Waals surface area contributed by atoms with Gasteiger partial charge in [0, 0.05) is 6.08 Å². The summed E-state index contributed by atoms with van der Waals surface area (Å²) in [4.78, 5) is 10.3. The zero-order valence-corrected chi connectivity index (χ0v) is 10.1. The molecule has 88 valence electrons. The van der Waals surface area contributed by atoms with Crippen molar-refractivity contribution in [2.24, 2.45) is 0 Å². The number of carboxylic acid groups (broad SMARTS) is 1. The summed E-state index contributed by atoms with van der Waals surface area (Å²) in [5.74, 6) is -1.08. The van der Waals surface area contributed by atoms with Crippen LogP contribution >= 0.6 is 7.60 Å². The van der Waals surface area contributed by atoms with Crippen LogP contribution in [0, 0.1) is 0 Å². The molecule has 0 amide bonds. The largest absolute Gasteiger partial charge is 0.478 e. The molecule has 0 aliphatic heterocycles. The van der Waals surface area contributed by atoms with Crippen LogP contribution in [0.1, 0.15) is 20.8 Å². The molecule has 0 rings (SSSR count). The SMILES string of the molecule is CCOP(=O)(OCC)C(C)C=CC(=O)O. The van der Waals surface area contributed by atoms with E-state index in [0.717, 1.165) is 6.08 Å². The lowest BCUT2D eigenvalue weighted by molar-refractivity contribution is -0.131. The van der Waals surface area contributed by atoms with E-state index in [-0.39, 0.29) is 13.2 Å². The number of aliphatic carboxylic acids is 1. The molecule has 0 saturated carbocycles. The number of hydrogen-bond acceptors (Lipinski definition) is 4. The van der Waals surface area contributed by atoms with Gasteiger partial charge in [-0.25, -0.2) is 4.79 Å². The van der Waals surface area contributed by atoms with Gasteiger partial charge in [-0.15, -0.1) is 0 Å². The molecule has 0 aromatic heterocycles. The zero-order valence-electron chi connectivity index (χ0n) is 9.17. The Morgan fingerprint density at radius 3 is 2.20 bits per heavy atom. The highest BCUT2D eigenvalue weighted by molar-refractivity contribution is 7.54. The Hall–Kier alpha value is -0.640. The molecule has 1 N–H and O–H groups in total. The van der Waals surface area contributed by atoms with Gasteiger partial charge < -0.3 is 14.2 Å². The molecule has 0 saturated heterocycles. The van der Waals surface area contributed by atoms with Crippen LogP contribution in [-0.2, 0) is 18.4 Å². The van der Waals surface area contributed by atoms with Crippen molar-refractivity contribution in [3.8, 4) is 0 Å². The van der Waals surface area contributed by atoms with Gasteiger partial charge >= 0.3 is 13.6 Å². The smallest absolute Gasteiger partial charge is 0.337 e. The van der Waals surface area contributed by atoms with Crippen molar-refractivity contribution in [3.05, 3.63) is 12.2 Å². The highest BCUT2D eigenvalue weighted by atomic mass is 31.2. The van der Waals surface area contributed by atoms with Gasteiger partial charge in [0.2, 0.25) is 0 Å². The summed E-state index contributed by atoms with van der Waals surface area (Å²) in [7, 11) is -3.22. The molecule has 15 heavy (non-hydrogen) atoms. The van der Waals surface area contributed by atoms with Crippen molar-refractivity contribution < 1.29 is 23.5 Å². The fraction of sp³-hybridized carbons (Fsp3) is 0.667. The van der Waals surface area contributed by atoms with Crippen molar-refractivity contribution in [3.63, 3.8) is 0 Å². The van der Waals surface area contributed by atoms with Gasteiger partial charge in [-0.2, -0.15) is 0 Å². The van der Waals surface area contributed by atoms with E-state index in [2.05, 4.69) is 0 Å². The molecule has 0 aliphatic carbocycles. The molecule has 0 radical (unpaired) electrons. The molecule has 0 aromatic carbocycles. The monoisotopic (exact) mass is 236 g/mol. The van der Waals surface area contributed by atoms with Crippen LogP contribution in [0.5, 0.6) is 0 Å². The molecular weight excluding hydrogens is 219 g/mol. The van der Waals surface area contributed by atoms with Gasteiger partial charge in [0.15, 0.2) is 0 Å². The van der Waals surface area contributed by atoms with Gasteiger partial charge in [0.05, 0.1) is 18.9 Å². The molecule has 1 unspecified atom stereocenters. The maximum absolute atomic E-state index is 12.0. The molecule has 0 heterocycles. The van der Waals surface area contributed by atoms with Crippen LogP contribution < -0.4 is 0 Å². The van der Waals surface area contributed by atoms with E-state index in [4.69, 9.17) is 14.2 Å². The van der Waals surface area contributed by atoms with Crippen LogP contribution in [0.3, 0.4) is 0 Å². The summed E-state index contributed by atoms with van der Waals surface area (Å²) in [5.41, 5.74) is -0.562. The predicted molar refractivity (Wildman–Crippen MR) is 57.1 cm³/mol. The first-order valence-corrected chi connectivity index (χ1v) is 6.37. The summed E-state index contributed by atoms with van der Waals surface area (Å²) >= 11 is 0. The molecule has 0 bridgehead atoms. The number of allylic oxidation sites excluding steroid dienone is 1. The Bertz CT molecular complexity index is 264. The molecule has 1 atom stereocenters. The lowest BCUT2D eigenvalue weighted by atomic mass is 10.4. The number of carbonyl (C=O) groups is 1. The van der Waals surface area contributed by atoms with Crippen molar-refractivity contribution >= 4 is 13.6 Å². The zero-order chi connectivity index (χ0) is 11.9. The topological polar surface area (TPSA) is 72.8 Å². The van der Waals surface area contributed by atoms with Crippen LogP contribution in [0.2, 0.25) is 0 Å². The maximum Gasteiger partial charge on any atom is 0.337 e. The first kappa shape index (κ1) is 14.4. The Kier molecular flexibility index (Phi) is 6.48. The molecule has 0 aliphatic rings. The first-order chi connectivity index (χ1) is 6.96. The average Bonchev–Trinajstić information content (AvgIpc) is 2.14. The number of rotatable bonds is 7. The molecule has 0 fully saturated rings. The van der Waals surface area contributed by atoms with Crippen molar-refractivity contribution in [1.29, 1.82) is 0 Å². The van der Waals surface area contributed by atoms with Crippen molar-refractivity contribution in [2.75, 3.05) is 13.2 Å². The minimum absolute atomic E-state index is 0.266. The highest BCUT2D eigenvalue weighted by Gasteiger charge is 2.29. The Morgan fingerprint density at radius 1 is 1.40 bits per heavy atom. The van der Waals surface area contributed by atoms with Crippen molar-refractivity contribution in [2.45, 2.75) is 26.4 Å². The Balaban J connectivity index is 4.61. The number of carboxylic acids is 1. The molecule has 5 nitrogen and oxygen atoms in total. The third-order valence-corrected chi connectivity index (χ3v) is 4.04. The number of hydrogen-bond donors (Lipinski definition) is 1. The fourth-order valence-corrected chi connectivity index (χ4v) is 2.52. The summed E-state index contributed by atoms with van der Waals surface area (Å²) in [6.45, 7) is 5.55. The molecule has 0 spiro atoms. The van der Waals surface area contributed by atoms with E-state index in [0.29, 0.717) is 0 Å². The minimum atomic E-state index is -3.22. The van der Waals surface area contributed by atoms with Crippen LogP contribution in [0.25, 0.3) is 0 Å². The lowest BCUT2D eigenvalue weighted by Crippen LogP contribution is -2.07. The van der Waals surface area contributed by atoms with Crippen LogP contribution in [-0.4, -0.2) is 29.9 Å². The first-order valence-electron chi connectivity index (χ1n) is 4.76. The van der Waals surface area contributed by atoms with Gasteiger partial charge in [0.1, 0.15) is 0 Å². The fourth-order valence-electron chi connectivity index (χ4n) is 0.959. The standard InChI is InChI=1S/C9H17O5P/c1-4-13-15(12,14-5-2)8(3)6-7-9(10)11/h6-8H,4-5H2,1-3H3,(H,10,11). The van der Waals surface area contributed by atoms with E-state index < -0.39 is 19.2 Å². The van der Waals surface area contributed by atoms with Gasteiger partial charge in [0.25, 0.3) is 0 Å². The minimum Gasteiger partial charge on any atom is -0.478 e. The summed E-state index contributed by atoms with van der Waals surface area (Å²) in [5, 5.41) is 8.43. The van der Waals surface area contributed by atoms with E-state index in [1.165, 1.54) is 6.08 Å². The summed E-state index contributed by atoms with van der Waals surface area (Å²) in [6.07, 6.45) is 2.25. The molecule has 6 heteroatoms. The van der Waals surface area contributed by atoms with E-state index in [1.54, 1.807) is 20.8 Å². The van der Waals surface area contributed by atoms with E-state index in [9.17, 15) is 9.36 Å². The quantitative estimate of drug-likeness (QED) is 0.542. The van der Waals surface area contributed by atoms with E-state index in [1.807, 2.05) is 0 Å². The summed E-state index contributed by atoms with van der Waals surface area (Å²) < 4.78 is 22.1. The molecule has 0 aromatic rings. The second-order valence-electron chi connectivity index (χ2n) is 2.81. The van der Waals surface area contributed by atoms with Gasteiger partial charge in [-0.3, -0.25) is 4.57 Å². The second kappa shape index (κ2) is 6.77. The van der Waals surface area contributed by atoms with Gasteiger partial charge in [-0.1, -0.05) is 6.08 Å². The molecular formula is C9H17O5P. The Labute approximate surface area is 89.6 Å².